The summed E-state index contributed by atoms with van der Waals surface area (Å²) in [5, 5.41) is 0. The Hall–Kier alpha value is -1.25. The van der Waals surface area contributed by atoms with Crippen LogP contribution in [0.4, 0.5) is 0 Å². The van der Waals surface area contributed by atoms with Gasteiger partial charge in [0, 0.05) is 13.0 Å². The van der Waals surface area contributed by atoms with Gasteiger partial charge in [0.15, 0.2) is 0 Å². The van der Waals surface area contributed by atoms with E-state index >= 15 is 0 Å². The highest BCUT2D eigenvalue weighted by molar-refractivity contribution is 6.36. The molecule has 0 bridgehead atoms. The Labute approximate surface area is 91.5 Å². The highest BCUT2D eigenvalue weighted by atomic mass is 16.2. The minimum atomic E-state index is 0.318. The second-order valence-corrected chi connectivity index (χ2v) is 4.38. The number of benzene rings is 1. The average Bonchev–Trinajstić information content (AvgIpc) is 2.56. The van der Waals surface area contributed by atoms with Crippen molar-refractivity contribution in [3.63, 3.8) is 0 Å². The number of hydrogen-bond donors (Lipinski definition) is 0. The second kappa shape index (κ2) is 4.52. The van der Waals surface area contributed by atoms with Crippen molar-refractivity contribution in [1.82, 2.24) is 4.81 Å². The van der Waals surface area contributed by atoms with Crippen LogP contribution in [0.2, 0.25) is 0 Å². The van der Waals surface area contributed by atoms with Crippen LogP contribution in [0.1, 0.15) is 18.9 Å². The first kappa shape index (κ1) is 10.3. The largest absolute Gasteiger partial charge is 0.389 e. The van der Waals surface area contributed by atoms with E-state index < -0.39 is 0 Å². The number of hydrogen-bond acceptors (Lipinski definition) is 1. The Morgan fingerprint density at radius 3 is 2.73 bits per heavy atom. The van der Waals surface area contributed by atoms with Crippen LogP contribution < -0.4 is 0 Å². The van der Waals surface area contributed by atoms with E-state index in [4.69, 9.17) is 0 Å². The first-order valence-electron chi connectivity index (χ1n) is 5.57. The van der Waals surface area contributed by atoms with Crippen LogP contribution in [0.3, 0.4) is 0 Å². The van der Waals surface area contributed by atoms with Gasteiger partial charge in [0.05, 0.1) is 0 Å². The van der Waals surface area contributed by atoms with E-state index in [1.165, 1.54) is 5.56 Å². The maximum absolute atomic E-state index is 11.5. The maximum Gasteiger partial charge on any atom is 0.244 e. The summed E-state index contributed by atoms with van der Waals surface area (Å²) in [7, 11) is 0.868. The smallest absolute Gasteiger partial charge is 0.244 e. The summed E-state index contributed by atoms with van der Waals surface area (Å²) in [6.07, 6.45) is 1.70. The van der Waals surface area contributed by atoms with Crippen LogP contribution in [0.5, 0.6) is 0 Å². The molecule has 1 atom stereocenters. The van der Waals surface area contributed by atoms with Gasteiger partial charge >= 0.3 is 0 Å². The van der Waals surface area contributed by atoms with Gasteiger partial charge in [-0.25, -0.2) is 0 Å². The van der Waals surface area contributed by atoms with Crippen molar-refractivity contribution in [2.45, 2.75) is 19.7 Å². The predicted molar refractivity (Wildman–Crippen MR) is 62.8 cm³/mol. The molecule has 0 spiro atoms. The van der Waals surface area contributed by atoms with E-state index in [0.717, 1.165) is 26.7 Å². The Kier molecular flexibility index (Phi) is 3.09. The Morgan fingerprint density at radius 2 is 2.13 bits per heavy atom. The van der Waals surface area contributed by atoms with Crippen molar-refractivity contribution >= 4 is 13.3 Å². The fourth-order valence-corrected chi connectivity index (χ4v) is 2.09. The Balaban J connectivity index is 1.86. The topological polar surface area (TPSA) is 20.3 Å². The van der Waals surface area contributed by atoms with E-state index in [9.17, 15) is 4.79 Å². The van der Waals surface area contributed by atoms with E-state index in [-0.39, 0.29) is 0 Å². The van der Waals surface area contributed by atoms with Gasteiger partial charge in [-0.1, -0.05) is 42.8 Å². The number of carbonyl (C=O) groups is 1. The molecule has 1 saturated heterocycles. The molecule has 0 N–H and O–H groups in total. The molecular weight excluding hydrogens is 185 g/mol. The molecule has 15 heavy (non-hydrogen) atoms. The van der Waals surface area contributed by atoms with Gasteiger partial charge in [-0.05, 0) is 12.2 Å². The van der Waals surface area contributed by atoms with E-state index in [1.807, 2.05) is 23.0 Å². The van der Waals surface area contributed by atoms with Crippen LogP contribution in [0, 0.1) is 5.92 Å². The lowest BCUT2D eigenvalue weighted by Crippen LogP contribution is -2.30. The third-order valence-corrected chi connectivity index (χ3v) is 2.92. The van der Waals surface area contributed by atoms with Gasteiger partial charge in [0.25, 0.3) is 0 Å². The van der Waals surface area contributed by atoms with Gasteiger partial charge in [-0.15, -0.1) is 0 Å². The quantitative estimate of drug-likeness (QED) is 0.677. The minimum absolute atomic E-state index is 0.318. The third kappa shape index (κ3) is 2.61. The lowest BCUT2D eigenvalue weighted by atomic mass is 9.82. The SMILES string of the molecule is CC1CC(=O)N(BCc2ccccc2)C1. The maximum atomic E-state index is 11.5. The van der Waals surface area contributed by atoms with Crippen LogP contribution in [0.25, 0.3) is 0 Å². The summed E-state index contributed by atoms with van der Waals surface area (Å²) in [6.45, 7) is 3.08. The number of rotatable bonds is 3. The molecule has 1 heterocycles. The summed E-state index contributed by atoms with van der Waals surface area (Å²) in [4.78, 5) is 13.5. The first-order valence-corrected chi connectivity index (χ1v) is 5.57. The molecule has 1 aromatic carbocycles. The molecule has 1 fully saturated rings. The molecule has 1 unspecified atom stereocenters. The summed E-state index contributed by atoms with van der Waals surface area (Å²) in [5.74, 6) is 0.853. The molecule has 1 aliphatic heterocycles. The van der Waals surface area contributed by atoms with Gasteiger partial charge in [-0.3, -0.25) is 4.79 Å². The molecule has 1 aromatic rings. The summed E-state index contributed by atoms with van der Waals surface area (Å²) < 4.78 is 0. The van der Waals surface area contributed by atoms with Crippen molar-refractivity contribution < 1.29 is 4.79 Å². The van der Waals surface area contributed by atoms with Gasteiger partial charge in [-0.2, -0.15) is 0 Å². The molecule has 0 aromatic heterocycles. The van der Waals surface area contributed by atoms with Crippen molar-refractivity contribution in [1.29, 1.82) is 0 Å². The molecule has 2 nitrogen and oxygen atoms in total. The molecule has 1 amide bonds. The normalized spacial score (nSPS) is 20.7. The molecule has 2 rings (SSSR count). The van der Waals surface area contributed by atoms with Gasteiger partial charge in [0.1, 0.15) is 0 Å². The van der Waals surface area contributed by atoms with Crippen LogP contribution >= 0.6 is 0 Å². The second-order valence-electron chi connectivity index (χ2n) is 4.38. The summed E-state index contributed by atoms with van der Waals surface area (Å²) >= 11 is 0. The molecule has 0 aliphatic carbocycles. The number of nitrogens with zero attached hydrogens (tertiary/aromatic N) is 1. The predicted octanol–water partition coefficient (Wildman–Crippen LogP) is 1.41. The minimum Gasteiger partial charge on any atom is -0.389 e. The molecular formula is C12H16BNO. The fourth-order valence-electron chi connectivity index (χ4n) is 2.09. The highest BCUT2D eigenvalue weighted by Crippen LogP contribution is 2.16. The molecule has 78 valence electrons. The summed E-state index contributed by atoms with van der Waals surface area (Å²) in [5.41, 5.74) is 1.31. The lowest BCUT2D eigenvalue weighted by Gasteiger charge is -2.14. The first-order chi connectivity index (χ1) is 7.25. The van der Waals surface area contributed by atoms with Crippen molar-refractivity contribution in [3.8, 4) is 0 Å². The van der Waals surface area contributed by atoms with Crippen LogP contribution in [-0.2, 0) is 11.1 Å². The monoisotopic (exact) mass is 201 g/mol. The molecule has 1 aliphatic rings. The molecule has 3 heteroatoms. The zero-order valence-corrected chi connectivity index (χ0v) is 9.15. The lowest BCUT2D eigenvalue weighted by molar-refractivity contribution is -0.124. The van der Waals surface area contributed by atoms with Gasteiger partial charge < -0.3 is 4.81 Å². The molecule has 0 radical (unpaired) electrons. The summed E-state index contributed by atoms with van der Waals surface area (Å²) in [6, 6.07) is 10.3. The van der Waals surface area contributed by atoms with Crippen molar-refractivity contribution in [3.05, 3.63) is 35.9 Å². The van der Waals surface area contributed by atoms with Crippen LogP contribution in [0.15, 0.2) is 30.3 Å². The van der Waals surface area contributed by atoms with Crippen molar-refractivity contribution in [2.24, 2.45) is 5.92 Å². The standard InChI is InChI=1S/C12H16BNO/c1-10-7-12(15)14(9-10)13-8-11-5-3-2-4-6-11/h2-6,10,13H,7-9H2,1H3. The van der Waals surface area contributed by atoms with Crippen molar-refractivity contribution in [2.75, 3.05) is 6.54 Å². The number of carbonyl (C=O) groups excluding carboxylic acids is 1. The zero-order chi connectivity index (χ0) is 10.7. The van der Waals surface area contributed by atoms with E-state index in [0.29, 0.717) is 11.8 Å². The third-order valence-electron chi connectivity index (χ3n) is 2.92. The number of amides is 1. The van der Waals surface area contributed by atoms with Crippen LogP contribution in [-0.4, -0.2) is 24.7 Å². The Bertz CT molecular complexity index is 339. The average molecular weight is 201 g/mol. The van der Waals surface area contributed by atoms with E-state index in [1.54, 1.807) is 0 Å². The van der Waals surface area contributed by atoms with Gasteiger partial charge in [0.2, 0.25) is 13.3 Å². The fraction of sp³-hybridized carbons (Fsp3) is 0.417. The Morgan fingerprint density at radius 1 is 1.40 bits per heavy atom. The van der Waals surface area contributed by atoms with E-state index in [2.05, 4.69) is 19.1 Å². The zero-order valence-electron chi connectivity index (χ0n) is 9.15. The highest BCUT2D eigenvalue weighted by Gasteiger charge is 2.25. The molecule has 0 saturated carbocycles.